The van der Waals surface area contributed by atoms with Crippen LogP contribution in [0.3, 0.4) is 0 Å². The Morgan fingerprint density at radius 2 is 2.00 bits per heavy atom. The zero-order valence-corrected chi connectivity index (χ0v) is 12.5. The summed E-state index contributed by atoms with van der Waals surface area (Å²) in [5.41, 5.74) is 1.78. The molecule has 0 unspecified atom stereocenters. The van der Waals surface area contributed by atoms with Crippen molar-refractivity contribution in [2.75, 3.05) is 31.1 Å². The number of anilines is 1. The van der Waals surface area contributed by atoms with Gasteiger partial charge in [-0.15, -0.1) is 0 Å². The van der Waals surface area contributed by atoms with E-state index >= 15 is 0 Å². The Morgan fingerprint density at radius 1 is 1.25 bits per heavy atom. The fourth-order valence-corrected chi connectivity index (χ4v) is 2.06. The predicted molar refractivity (Wildman–Crippen MR) is 80.4 cm³/mol. The van der Waals surface area contributed by atoms with E-state index in [-0.39, 0.29) is 18.3 Å². The van der Waals surface area contributed by atoms with E-state index in [0.717, 1.165) is 17.8 Å². The number of rotatable bonds is 8. The molecule has 0 heterocycles. The molecule has 20 heavy (non-hydrogen) atoms. The van der Waals surface area contributed by atoms with Crippen molar-refractivity contribution in [2.24, 2.45) is 0 Å². The normalized spacial score (nSPS) is 10.4. The lowest BCUT2D eigenvalue weighted by Gasteiger charge is -2.25. The van der Waals surface area contributed by atoms with Crippen LogP contribution in [-0.4, -0.2) is 32.1 Å². The summed E-state index contributed by atoms with van der Waals surface area (Å²) < 4.78 is 13.4. The molecule has 0 saturated heterocycles. The highest BCUT2D eigenvalue weighted by Gasteiger charge is 2.13. The highest BCUT2D eigenvalue weighted by Crippen LogP contribution is 2.21. The Hall–Kier alpha value is -1.62. The van der Waals surface area contributed by atoms with E-state index in [9.17, 15) is 9.18 Å². The molecule has 0 atom stereocenters. The maximum atomic E-state index is 13.4. The van der Waals surface area contributed by atoms with Crippen LogP contribution in [0.2, 0.25) is 0 Å². The average molecular weight is 281 g/mol. The van der Waals surface area contributed by atoms with Gasteiger partial charge < -0.3 is 15.5 Å². The number of nitrogens with one attached hydrogen (secondary N) is 2. The third kappa shape index (κ3) is 4.81. The first-order valence-corrected chi connectivity index (χ1v) is 7.13. The lowest BCUT2D eigenvalue weighted by atomic mass is 10.1. The molecule has 1 aromatic carbocycles. The van der Waals surface area contributed by atoms with E-state index in [2.05, 4.69) is 10.6 Å². The summed E-state index contributed by atoms with van der Waals surface area (Å²) in [5.74, 6) is -0.274. The lowest BCUT2D eigenvalue weighted by Crippen LogP contribution is -2.37. The molecule has 0 aliphatic heterocycles. The van der Waals surface area contributed by atoms with Gasteiger partial charge in [0.2, 0.25) is 5.91 Å². The zero-order chi connectivity index (χ0) is 15.0. The van der Waals surface area contributed by atoms with E-state index in [1.54, 1.807) is 6.07 Å². The Labute approximate surface area is 120 Å². The number of amides is 1. The summed E-state index contributed by atoms with van der Waals surface area (Å²) in [4.78, 5) is 13.7. The van der Waals surface area contributed by atoms with Gasteiger partial charge in [0.25, 0.3) is 0 Å². The summed E-state index contributed by atoms with van der Waals surface area (Å²) >= 11 is 0. The SMILES string of the molecule is CCNCc1cc(F)ccc1N(CC)CC(=O)NCC. The highest BCUT2D eigenvalue weighted by atomic mass is 19.1. The summed E-state index contributed by atoms with van der Waals surface area (Å²) in [6, 6.07) is 4.70. The summed E-state index contributed by atoms with van der Waals surface area (Å²) in [7, 11) is 0. The van der Waals surface area contributed by atoms with Crippen molar-refractivity contribution in [2.45, 2.75) is 27.3 Å². The predicted octanol–water partition coefficient (Wildman–Crippen LogP) is 1.90. The zero-order valence-electron chi connectivity index (χ0n) is 12.5. The topological polar surface area (TPSA) is 44.4 Å². The van der Waals surface area contributed by atoms with Crippen LogP contribution in [0.15, 0.2) is 18.2 Å². The van der Waals surface area contributed by atoms with Crippen molar-refractivity contribution in [3.05, 3.63) is 29.6 Å². The average Bonchev–Trinajstić information content (AvgIpc) is 2.43. The summed E-state index contributed by atoms with van der Waals surface area (Å²) in [6.07, 6.45) is 0. The molecule has 0 saturated carbocycles. The maximum absolute atomic E-state index is 13.4. The Balaban J connectivity index is 2.92. The number of halogens is 1. The van der Waals surface area contributed by atoms with Crippen LogP contribution >= 0.6 is 0 Å². The smallest absolute Gasteiger partial charge is 0.239 e. The lowest BCUT2D eigenvalue weighted by molar-refractivity contribution is -0.119. The van der Waals surface area contributed by atoms with E-state index in [0.29, 0.717) is 19.6 Å². The first-order chi connectivity index (χ1) is 9.62. The van der Waals surface area contributed by atoms with Crippen LogP contribution in [0.25, 0.3) is 0 Å². The molecule has 0 radical (unpaired) electrons. The molecule has 2 N–H and O–H groups in total. The van der Waals surface area contributed by atoms with Crippen molar-refractivity contribution >= 4 is 11.6 Å². The van der Waals surface area contributed by atoms with Gasteiger partial charge in [-0.2, -0.15) is 0 Å². The standard InChI is InChI=1S/C15H24FN3O/c1-4-17-10-12-9-13(16)7-8-14(12)19(6-3)11-15(20)18-5-2/h7-9,17H,4-6,10-11H2,1-3H3,(H,18,20). The summed E-state index contributed by atoms with van der Waals surface area (Å²) in [6.45, 7) is 8.89. The molecule has 0 aromatic heterocycles. The number of carbonyl (C=O) groups is 1. The largest absolute Gasteiger partial charge is 0.362 e. The van der Waals surface area contributed by atoms with Gasteiger partial charge >= 0.3 is 0 Å². The molecule has 0 spiro atoms. The second kappa shape index (κ2) is 8.53. The molecule has 1 aromatic rings. The molecular weight excluding hydrogens is 257 g/mol. The van der Waals surface area contributed by atoms with Crippen molar-refractivity contribution in [1.29, 1.82) is 0 Å². The molecule has 1 amide bonds. The molecule has 0 aliphatic rings. The van der Waals surface area contributed by atoms with Gasteiger partial charge in [0.1, 0.15) is 5.82 Å². The number of hydrogen-bond acceptors (Lipinski definition) is 3. The first kappa shape index (κ1) is 16.4. The molecule has 4 nitrogen and oxygen atoms in total. The van der Waals surface area contributed by atoms with Gasteiger partial charge in [0.15, 0.2) is 0 Å². The number of likely N-dealkylation sites (N-methyl/N-ethyl adjacent to an activating group) is 2. The van der Waals surface area contributed by atoms with Crippen molar-refractivity contribution < 1.29 is 9.18 Å². The van der Waals surface area contributed by atoms with E-state index in [1.165, 1.54) is 12.1 Å². The van der Waals surface area contributed by atoms with Crippen molar-refractivity contribution in [3.8, 4) is 0 Å². The molecule has 0 fully saturated rings. The van der Waals surface area contributed by atoms with Crippen LogP contribution in [0, 0.1) is 5.82 Å². The number of carbonyl (C=O) groups excluding carboxylic acids is 1. The van der Waals surface area contributed by atoms with Crippen LogP contribution in [0.5, 0.6) is 0 Å². The number of nitrogens with zero attached hydrogens (tertiary/aromatic N) is 1. The minimum atomic E-state index is -0.254. The maximum Gasteiger partial charge on any atom is 0.239 e. The Bertz CT molecular complexity index is 437. The highest BCUT2D eigenvalue weighted by molar-refractivity contribution is 5.81. The first-order valence-electron chi connectivity index (χ1n) is 7.13. The number of hydrogen-bond donors (Lipinski definition) is 2. The van der Waals surface area contributed by atoms with Gasteiger partial charge in [-0.25, -0.2) is 4.39 Å². The van der Waals surface area contributed by atoms with Crippen LogP contribution in [0.1, 0.15) is 26.3 Å². The third-order valence-corrected chi connectivity index (χ3v) is 3.04. The molecule has 5 heteroatoms. The van der Waals surface area contributed by atoms with Gasteiger partial charge in [0.05, 0.1) is 6.54 Å². The summed E-state index contributed by atoms with van der Waals surface area (Å²) in [5, 5.41) is 5.98. The van der Waals surface area contributed by atoms with E-state index in [1.807, 2.05) is 25.7 Å². The van der Waals surface area contributed by atoms with Crippen LogP contribution in [0.4, 0.5) is 10.1 Å². The second-order valence-corrected chi connectivity index (χ2v) is 4.52. The van der Waals surface area contributed by atoms with Crippen LogP contribution < -0.4 is 15.5 Å². The van der Waals surface area contributed by atoms with Gasteiger partial charge in [-0.3, -0.25) is 4.79 Å². The minimum Gasteiger partial charge on any atom is -0.362 e. The quantitative estimate of drug-likeness (QED) is 0.765. The Morgan fingerprint density at radius 3 is 2.60 bits per heavy atom. The van der Waals surface area contributed by atoms with Gasteiger partial charge in [-0.05, 0) is 44.2 Å². The molecule has 0 bridgehead atoms. The fraction of sp³-hybridized carbons (Fsp3) is 0.533. The van der Waals surface area contributed by atoms with Crippen molar-refractivity contribution in [1.82, 2.24) is 10.6 Å². The molecule has 112 valence electrons. The van der Waals surface area contributed by atoms with Crippen molar-refractivity contribution in [3.63, 3.8) is 0 Å². The number of benzene rings is 1. The van der Waals surface area contributed by atoms with Crippen LogP contribution in [-0.2, 0) is 11.3 Å². The fourth-order valence-electron chi connectivity index (χ4n) is 2.06. The monoisotopic (exact) mass is 281 g/mol. The van der Waals surface area contributed by atoms with E-state index in [4.69, 9.17) is 0 Å². The molecule has 0 aliphatic carbocycles. The minimum absolute atomic E-state index is 0.0203. The third-order valence-electron chi connectivity index (χ3n) is 3.04. The van der Waals surface area contributed by atoms with Gasteiger partial charge in [-0.1, -0.05) is 6.92 Å². The second-order valence-electron chi connectivity index (χ2n) is 4.52. The van der Waals surface area contributed by atoms with E-state index < -0.39 is 0 Å². The van der Waals surface area contributed by atoms with Gasteiger partial charge in [0, 0.05) is 25.3 Å². The molecular formula is C15H24FN3O. The molecule has 1 rings (SSSR count). The Kier molecular flexibility index (Phi) is 7.01.